The molecule has 0 radical (unpaired) electrons. The monoisotopic (exact) mass is 317 g/mol. The number of anilines is 1. The van der Waals surface area contributed by atoms with Crippen molar-refractivity contribution in [3.63, 3.8) is 0 Å². The molecule has 0 bridgehead atoms. The first-order valence-electron chi connectivity index (χ1n) is 6.91. The van der Waals surface area contributed by atoms with Gasteiger partial charge in [0.1, 0.15) is 12.0 Å². The molecule has 0 aliphatic carbocycles. The number of carbonyl (C=O) groups excluding carboxylic acids is 1. The number of likely N-dealkylation sites (tertiary alicyclic amines) is 1. The van der Waals surface area contributed by atoms with Crippen molar-refractivity contribution >= 4 is 23.3 Å². The van der Waals surface area contributed by atoms with E-state index < -0.39 is 12.0 Å². The maximum Gasteiger partial charge on any atom is 0.319 e. The molecule has 1 unspecified atom stereocenters. The number of nitrogens with one attached hydrogen (secondary N) is 2. The Labute approximate surface area is 127 Å². The van der Waals surface area contributed by atoms with Gasteiger partial charge >= 0.3 is 6.03 Å². The van der Waals surface area contributed by atoms with Gasteiger partial charge in [-0.05, 0) is 37.6 Å². The van der Waals surface area contributed by atoms with E-state index in [1.807, 2.05) is 4.90 Å². The second-order valence-electron chi connectivity index (χ2n) is 5.05. The molecule has 4 nitrogen and oxygen atoms in total. The van der Waals surface area contributed by atoms with Crippen molar-refractivity contribution in [3.8, 4) is 0 Å². The van der Waals surface area contributed by atoms with Gasteiger partial charge in [-0.3, -0.25) is 0 Å². The Hall–Kier alpha value is -1.40. The number of urea groups is 1. The molecule has 1 atom stereocenters. The van der Waals surface area contributed by atoms with Crippen molar-refractivity contribution in [2.24, 2.45) is 0 Å². The van der Waals surface area contributed by atoms with Crippen molar-refractivity contribution in [3.05, 3.63) is 29.0 Å². The smallest absolute Gasteiger partial charge is 0.319 e. The highest BCUT2D eigenvalue weighted by atomic mass is 35.5. The first-order chi connectivity index (χ1) is 10.0. The first-order valence-corrected chi connectivity index (χ1v) is 7.29. The van der Waals surface area contributed by atoms with Gasteiger partial charge in [0.15, 0.2) is 0 Å². The molecule has 1 aliphatic rings. The van der Waals surface area contributed by atoms with E-state index in [2.05, 4.69) is 10.6 Å². The second-order valence-corrected chi connectivity index (χ2v) is 5.46. The summed E-state index contributed by atoms with van der Waals surface area (Å²) in [6.07, 6.45) is 0.633. The molecule has 2 amide bonds. The molecule has 2 rings (SSSR count). The summed E-state index contributed by atoms with van der Waals surface area (Å²) in [5.41, 5.74) is 0.429. The Morgan fingerprint density at radius 2 is 2.29 bits per heavy atom. The third kappa shape index (κ3) is 5.13. The van der Waals surface area contributed by atoms with E-state index in [9.17, 15) is 13.6 Å². The molecule has 1 aliphatic heterocycles. The van der Waals surface area contributed by atoms with Crippen molar-refractivity contribution in [2.45, 2.75) is 19.0 Å². The number of carbonyl (C=O) groups is 1. The predicted octanol–water partition coefficient (Wildman–Crippen LogP) is 3.03. The zero-order chi connectivity index (χ0) is 15.2. The van der Waals surface area contributed by atoms with Crippen LogP contribution in [0.4, 0.5) is 19.3 Å². The highest BCUT2D eigenvalue weighted by molar-refractivity contribution is 6.31. The van der Waals surface area contributed by atoms with Gasteiger partial charge in [-0.25, -0.2) is 13.6 Å². The molecule has 116 valence electrons. The summed E-state index contributed by atoms with van der Waals surface area (Å²) in [5.74, 6) is -0.528. The third-order valence-corrected chi connectivity index (χ3v) is 3.62. The van der Waals surface area contributed by atoms with Gasteiger partial charge in [0, 0.05) is 25.3 Å². The predicted molar refractivity (Wildman–Crippen MR) is 79.0 cm³/mol. The highest BCUT2D eigenvalue weighted by Crippen LogP contribution is 2.19. The minimum absolute atomic E-state index is 0.0392. The first kappa shape index (κ1) is 16.0. The summed E-state index contributed by atoms with van der Waals surface area (Å²) in [6, 6.07) is 3.61. The standard InChI is InChI=1S/C14H18ClF2N3O/c15-12-8-11(2-3-13(12)17)19-14(21)18-5-1-6-20-7-4-10(16)9-20/h2-3,8,10H,1,4-7,9H2,(H2,18,19,21). The lowest BCUT2D eigenvalue weighted by atomic mass is 10.3. The van der Waals surface area contributed by atoms with E-state index in [1.54, 1.807) is 0 Å². The average molecular weight is 318 g/mol. The lowest BCUT2D eigenvalue weighted by Crippen LogP contribution is -2.32. The van der Waals surface area contributed by atoms with Gasteiger partial charge in [-0.2, -0.15) is 0 Å². The van der Waals surface area contributed by atoms with Crippen LogP contribution in [-0.2, 0) is 0 Å². The van der Waals surface area contributed by atoms with E-state index >= 15 is 0 Å². The highest BCUT2D eigenvalue weighted by Gasteiger charge is 2.20. The fraction of sp³-hybridized carbons (Fsp3) is 0.500. The number of alkyl halides is 1. The van der Waals surface area contributed by atoms with E-state index in [0.717, 1.165) is 19.5 Å². The van der Waals surface area contributed by atoms with Crippen LogP contribution >= 0.6 is 11.6 Å². The fourth-order valence-electron chi connectivity index (χ4n) is 2.24. The molecule has 21 heavy (non-hydrogen) atoms. The van der Waals surface area contributed by atoms with Gasteiger partial charge in [0.2, 0.25) is 0 Å². The van der Waals surface area contributed by atoms with Crippen molar-refractivity contribution < 1.29 is 13.6 Å². The molecule has 0 saturated carbocycles. The van der Waals surface area contributed by atoms with Crippen LogP contribution in [0.25, 0.3) is 0 Å². The zero-order valence-corrected chi connectivity index (χ0v) is 12.3. The Morgan fingerprint density at radius 1 is 1.48 bits per heavy atom. The molecule has 0 aromatic heterocycles. The summed E-state index contributed by atoms with van der Waals surface area (Å²) in [5, 5.41) is 5.22. The summed E-state index contributed by atoms with van der Waals surface area (Å²) in [7, 11) is 0. The maximum absolute atomic E-state index is 13.0. The van der Waals surface area contributed by atoms with Gasteiger partial charge in [-0.1, -0.05) is 11.6 Å². The van der Waals surface area contributed by atoms with E-state index in [1.165, 1.54) is 18.2 Å². The van der Waals surface area contributed by atoms with Crippen LogP contribution in [0.2, 0.25) is 5.02 Å². The zero-order valence-electron chi connectivity index (χ0n) is 11.5. The molecule has 1 aromatic rings. The maximum atomic E-state index is 13.0. The Morgan fingerprint density at radius 3 is 2.95 bits per heavy atom. The molecular weight excluding hydrogens is 300 g/mol. The van der Waals surface area contributed by atoms with Crippen LogP contribution in [0, 0.1) is 5.82 Å². The SMILES string of the molecule is O=C(NCCCN1CCC(F)C1)Nc1ccc(F)c(Cl)c1. The molecule has 1 heterocycles. The molecule has 7 heteroatoms. The topological polar surface area (TPSA) is 44.4 Å². The summed E-state index contributed by atoms with van der Waals surface area (Å²) >= 11 is 5.63. The molecule has 1 aromatic carbocycles. The molecule has 2 N–H and O–H groups in total. The Balaban J connectivity index is 1.64. The largest absolute Gasteiger partial charge is 0.338 e. The van der Waals surface area contributed by atoms with Crippen molar-refractivity contribution in [1.29, 1.82) is 0 Å². The quantitative estimate of drug-likeness (QED) is 0.820. The number of hydrogen-bond acceptors (Lipinski definition) is 2. The molecular formula is C14H18ClF2N3O. The number of benzene rings is 1. The van der Waals surface area contributed by atoms with E-state index in [-0.39, 0.29) is 11.1 Å². The number of halogens is 3. The lowest BCUT2D eigenvalue weighted by molar-refractivity contribution is 0.250. The minimum Gasteiger partial charge on any atom is -0.338 e. The lowest BCUT2D eigenvalue weighted by Gasteiger charge is -2.14. The number of amides is 2. The van der Waals surface area contributed by atoms with Crippen LogP contribution in [0.15, 0.2) is 18.2 Å². The summed E-state index contributed by atoms with van der Waals surface area (Å²) in [4.78, 5) is 13.7. The molecule has 0 spiro atoms. The number of nitrogens with zero attached hydrogens (tertiary/aromatic N) is 1. The van der Waals surface area contributed by atoms with Crippen LogP contribution in [0.3, 0.4) is 0 Å². The summed E-state index contributed by atoms with van der Waals surface area (Å²) < 4.78 is 25.9. The Bertz CT molecular complexity index is 501. The van der Waals surface area contributed by atoms with Crippen molar-refractivity contribution in [2.75, 3.05) is 31.5 Å². The fourth-order valence-corrected chi connectivity index (χ4v) is 2.42. The van der Waals surface area contributed by atoms with Crippen molar-refractivity contribution in [1.82, 2.24) is 10.2 Å². The Kier molecular flexibility index (Phi) is 5.76. The van der Waals surface area contributed by atoms with Crippen LogP contribution < -0.4 is 10.6 Å². The summed E-state index contributed by atoms with van der Waals surface area (Å²) in [6.45, 7) is 2.53. The van der Waals surface area contributed by atoms with Crippen LogP contribution in [0.1, 0.15) is 12.8 Å². The molecule has 1 saturated heterocycles. The van der Waals surface area contributed by atoms with Crippen LogP contribution in [0.5, 0.6) is 0 Å². The van der Waals surface area contributed by atoms with E-state index in [4.69, 9.17) is 11.6 Å². The second kappa shape index (κ2) is 7.56. The van der Waals surface area contributed by atoms with Gasteiger partial charge in [-0.15, -0.1) is 0 Å². The average Bonchev–Trinajstić information content (AvgIpc) is 2.85. The van der Waals surface area contributed by atoms with Gasteiger partial charge < -0.3 is 15.5 Å². The van der Waals surface area contributed by atoms with Gasteiger partial charge in [0.05, 0.1) is 5.02 Å². The number of hydrogen-bond donors (Lipinski definition) is 2. The third-order valence-electron chi connectivity index (χ3n) is 3.33. The van der Waals surface area contributed by atoms with Crippen LogP contribution in [-0.4, -0.2) is 43.3 Å². The molecule has 1 fully saturated rings. The number of rotatable bonds is 5. The van der Waals surface area contributed by atoms with Gasteiger partial charge in [0.25, 0.3) is 0 Å². The normalized spacial score (nSPS) is 18.7. The minimum atomic E-state index is -0.718. The van der Waals surface area contributed by atoms with E-state index in [0.29, 0.717) is 25.2 Å².